The molecular formula is C45H85O9P. The number of aliphatic hydroxyl groups is 2. The van der Waals surface area contributed by atoms with Crippen LogP contribution in [0.25, 0.3) is 0 Å². The van der Waals surface area contributed by atoms with Gasteiger partial charge in [0.1, 0.15) is 12.2 Å². The number of hydrogen-bond acceptors (Lipinski definition) is 8. The van der Waals surface area contributed by atoms with Crippen molar-refractivity contribution in [1.82, 2.24) is 0 Å². The predicted molar refractivity (Wildman–Crippen MR) is 228 cm³/mol. The summed E-state index contributed by atoms with van der Waals surface area (Å²) in [7, 11) is -4.52. The average molecular weight is 801 g/mol. The second-order valence-electron chi connectivity index (χ2n) is 15.1. The van der Waals surface area contributed by atoms with Gasteiger partial charge in [0.25, 0.3) is 0 Å². The Morgan fingerprint density at radius 1 is 0.564 bits per heavy atom. The number of esters is 1. The normalized spacial score (nSPS) is 14.3. The van der Waals surface area contributed by atoms with Crippen molar-refractivity contribution in [2.24, 2.45) is 0 Å². The molecule has 0 fully saturated rings. The third-order valence-corrected chi connectivity index (χ3v) is 10.5. The van der Waals surface area contributed by atoms with Crippen LogP contribution in [0.1, 0.15) is 200 Å². The number of allylic oxidation sites excluding steroid dienone is 6. The van der Waals surface area contributed by atoms with Crippen LogP contribution >= 0.6 is 7.82 Å². The van der Waals surface area contributed by atoms with Crippen LogP contribution in [0.5, 0.6) is 0 Å². The maximum Gasteiger partial charge on any atom is 0.472 e. The fourth-order valence-corrected chi connectivity index (χ4v) is 6.92. The summed E-state index contributed by atoms with van der Waals surface area (Å²) in [5, 5.41) is 18.4. The minimum Gasteiger partial charge on any atom is -0.457 e. The lowest BCUT2D eigenvalue weighted by Crippen LogP contribution is -2.29. The molecular weight excluding hydrogens is 715 g/mol. The summed E-state index contributed by atoms with van der Waals surface area (Å²) in [6, 6.07) is 0. The van der Waals surface area contributed by atoms with Crippen LogP contribution in [0.15, 0.2) is 36.5 Å². The van der Waals surface area contributed by atoms with Gasteiger partial charge in [-0.25, -0.2) is 4.57 Å². The van der Waals surface area contributed by atoms with Crippen LogP contribution in [0, 0.1) is 0 Å². The lowest BCUT2D eigenvalue weighted by molar-refractivity contribution is -0.154. The highest BCUT2D eigenvalue weighted by Crippen LogP contribution is 2.43. The summed E-state index contributed by atoms with van der Waals surface area (Å²) < 4.78 is 33.4. The SMILES string of the molecule is CCCCC/C=C\C/C=C\C/C=C\CCCCCCCCCOCC(COP(=O)(O)OCC(O)CO)OC(=O)CCCCCCCCCCCCCCCC. The van der Waals surface area contributed by atoms with E-state index in [0.29, 0.717) is 6.61 Å². The second-order valence-corrected chi connectivity index (χ2v) is 16.5. The summed E-state index contributed by atoms with van der Waals surface area (Å²) in [4.78, 5) is 22.6. The summed E-state index contributed by atoms with van der Waals surface area (Å²) in [5.74, 6) is -0.385. The third-order valence-electron chi connectivity index (χ3n) is 9.58. The van der Waals surface area contributed by atoms with Gasteiger partial charge in [0.2, 0.25) is 0 Å². The Balaban J connectivity index is 4.15. The lowest BCUT2D eigenvalue weighted by atomic mass is 10.0. The Morgan fingerprint density at radius 2 is 0.982 bits per heavy atom. The fraction of sp³-hybridized carbons (Fsp3) is 0.844. The van der Waals surface area contributed by atoms with Crippen LogP contribution in [0.3, 0.4) is 0 Å². The van der Waals surface area contributed by atoms with E-state index in [1.165, 1.54) is 122 Å². The van der Waals surface area contributed by atoms with Gasteiger partial charge in [0.15, 0.2) is 0 Å². The first-order chi connectivity index (χ1) is 26.8. The summed E-state index contributed by atoms with van der Waals surface area (Å²) in [5.41, 5.74) is 0. The topological polar surface area (TPSA) is 132 Å². The maximum absolute atomic E-state index is 12.6. The number of carbonyl (C=O) groups excluding carboxylic acids is 1. The zero-order valence-electron chi connectivity index (χ0n) is 35.4. The van der Waals surface area contributed by atoms with Crippen molar-refractivity contribution < 1.29 is 43.0 Å². The van der Waals surface area contributed by atoms with Crippen molar-refractivity contribution in [3.05, 3.63) is 36.5 Å². The number of carbonyl (C=O) groups is 1. The van der Waals surface area contributed by atoms with Crippen LogP contribution in [0.4, 0.5) is 0 Å². The second kappa shape index (κ2) is 42.3. The largest absolute Gasteiger partial charge is 0.472 e. The molecule has 3 N–H and O–H groups in total. The molecule has 0 aliphatic carbocycles. The van der Waals surface area contributed by atoms with Crippen molar-refractivity contribution >= 4 is 13.8 Å². The molecule has 3 unspecified atom stereocenters. The van der Waals surface area contributed by atoms with Gasteiger partial charge in [-0.15, -0.1) is 0 Å². The first-order valence-corrected chi connectivity index (χ1v) is 24.0. The Labute approximate surface area is 337 Å². The van der Waals surface area contributed by atoms with E-state index in [0.717, 1.165) is 57.8 Å². The van der Waals surface area contributed by atoms with Gasteiger partial charge in [-0.1, -0.05) is 179 Å². The zero-order chi connectivity index (χ0) is 40.3. The zero-order valence-corrected chi connectivity index (χ0v) is 36.3. The van der Waals surface area contributed by atoms with E-state index >= 15 is 0 Å². The van der Waals surface area contributed by atoms with Crippen LogP contribution in [-0.4, -0.2) is 66.3 Å². The molecule has 0 rings (SSSR count). The van der Waals surface area contributed by atoms with Crippen molar-refractivity contribution in [2.75, 3.05) is 33.0 Å². The highest BCUT2D eigenvalue weighted by Gasteiger charge is 2.26. The smallest absolute Gasteiger partial charge is 0.457 e. The molecule has 0 aliphatic heterocycles. The monoisotopic (exact) mass is 801 g/mol. The van der Waals surface area contributed by atoms with Crippen LogP contribution in [-0.2, 0) is 27.9 Å². The first-order valence-electron chi connectivity index (χ1n) is 22.5. The van der Waals surface area contributed by atoms with E-state index in [-0.39, 0.29) is 25.6 Å². The molecule has 0 bridgehead atoms. The number of rotatable bonds is 43. The lowest BCUT2D eigenvalue weighted by Gasteiger charge is -2.20. The van der Waals surface area contributed by atoms with Gasteiger partial charge in [-0.2, -0.15) is 0 Å². The molecule has 0 spiro atoms. The van der Waals surface area contributed by atoms with Gasteiger partial charge < -0.3 is 24.6 Å². The third kappa shape index (κ3) is 42.1. The van der Waals surface area contributed by atoms with E-state index < -0.39 is 33.2 Å². The van der Waals surface area contributed by atoms with Crippen molar-refractivity contribution in [1.29, 1.82) is 0 Å². The molecule has 0 amide bonds. The molecule has 0 aromatic heterocycles. The number of aliphatic hydroxyl groups excluding tert-OH is 2. The van der Waals surface area contributed by atoms with Gasteiger partial charge >= 0.3 is 13.8 Å². The molecule has 0 saturated carbocycles. The summed E-state index contributed by atoms with van der Waals surface area (Å²) in [6.45, 7) is 3.49. The number of hydrogen-bond donors (Lipinski definition) is 3. The molecule has 0 saturated heterocycles. The Morgan fingerprint density at radius 3 is 1.51 bits per heavy atom. The van der Waals surface area contributed by atoms with E-state index in [1.807, 2.05) is 0 Å². The Kier molecular flexibility index (Phi) is 41.3. The summed E-state index contributed by atoms with van der Waals surface area (Å²) in [6.07, 6.45) is 45.2. The molecule has 55 heavy (non-hydrogen) atoms. The molecule has 0 radical (unpaired) electrons. The minimum atomic E-state index is -4.52. The number of ether oxygens (including phenoxy) is 2. The standard InChI is InChI=1S/C45H85O9P/c1-3-5-7-9-11-13-15-17-19-20-21-22-23-24-26-28-30-32-34-36-38-51-41-44(42-53-55(49,50)52-40-43(47)39-46)54-45(48)37-35-33-31-29-27-25-18-16-14-12-10-8-6-4-2/h11,13,17,19,21-22,43-44,46-47H,3-10,12,14-16,18,20,23-42H2,1-2H3,(H,49,50)/b13-11-,19-17-,22-21-. The summed E-state index contributed by atoms with van der Waals surface area (Å²) >= 11 is 0. The average Bonchev–Trinajstić information content (AvgIpc) is 3.18. The van der Waals surface area contributed by atoms with Gasteiger partial charge in [-0.05, 0) is 51.4 Å². The first kappa shape index (κ1) is 53.7. The highest BCUT2D eigenvalue weighted by molar-refractivity contribution is 7.47. The highest BCUT2D eigenvalue weighted by atomic mass is 31.2. The Bertz CT molecular complexity index is 955. The van der Waals surface area contributed by atoms with Gasteiger partial charge in [0.05, 0.1) is 26.4 Å². The van der Waals surface area contributed by atoms with Crippen molar-refractivity contribution in [3.8, 4) is 0 Å². The molecule has 0 aliphatic rings. The molecule has 3 atom stereocenters. The predicted octanol–water partition coefficient (Wildman–Crippen LogP) is 12.4. The Hall–Kier alpha value is -1.32. The maximum atomic E-state index is 12.6. The molecule has 0 heterocycles. The van der Waals surface area contributed by atoms with E-state index in [9.17, 15) is 19.4 Å². The molecule has 0 aromatic rings. The van der Waals surface area contributed by atoms with E-state index in [2.05, 4.69) is 50.3 Å². The molecule has 0 aromatic carbocycles. The number of phosphoric ester groups is 1. The van der Waals surface area contributed by atoms with E-state index in [4.69, 9.17) is 23.6 Å². The number of phosphoric acid groups is 1. The molecule has 324 valence electrons. The van der Waals surface area contributed by atoms with Gasteiger partial charge in [-0.3, -0.25) is 13.8 Å². The quantitative estimate of drug-likeness (QED) is 0.0239. The van der Waals surface area contributed by atoms with Crippen molar-refractivity contribution in [3.63, 3.8) is 0 Å². The fourth-order valence-electron chi connectivity index (χ4n) is 6.13. The number of unbranched alkanes of at least 4 members (excludes halogenated alkanes) is 23. The van der Waals surface area contributed by atoms with Crippen LogP contribution < -0.4 is 0 Å². The van der Waals surface area contributed by atoms with Gasteiger partial charge in [0, 0.05) is 13.0 Å². The molecule has 9 nitrogen and oxygen atoms in total. The van der Waals surface area contributed by atoms with Crippen LogP contribution in [0.2, 0.25) is 0 Å². The van der Waals surface area contributed by atoms with E-state index in [1.54, 1.807) is 0 Å². The molecule has 10 heteroatoms. The van der Waals surface area contributed by atoms with Crippen molar-refractivity contribution in [2.45, 2.75) is 212 Å². The minimum absolute atomic E-state index is 0.0449.